The molecule has 0 saturated heterocycles. The Bertz CT molecular complexity index is 505. The largest absolute Gasteiger partial charge is 0.360 e. The van der Waals surface area contributed by atoms with E-state index in [4.69, 9.17) is 0 Å². The second-order valence-electron chi connectivity index (χ2n) is 4.89. The third-order valence-electron chi connectivity index (χ3n) is 2.74. The van der Waals surface area contributed by atoms with Gasteiger partial charge in [0.25, 0.3) is 0 Å². The molecule has 2 aromatic rings. The van der Waals surface area contributed by atoms with Crippen molar-refractivity contribution in [1.82, 2.24) is 9.36 Å². The minimum absolute atomic E-state index is 0.619. The van der Waals surface area contributed by atoms with Crippen molar-refractivity contribution in [2.45, 2.75) is 27.2 Å². The zero-order chi connectivity index (χ0) is 13.0. The van der Waals surface area contributed by atoms with Gasteiger partial charge in [0, 0.05) is 24.5 Å². The third-order valence-corrected chi connectivity index (χ3v) is 3.45. The molecule has 0 radical (unpaired) electrons. The highest BCUT2D eigenvalue weighted by atomic mass is 32.1. The minimum atomic E-state index is 0.619. The van der Waals surface area contributed by atoms with Gasteiger partial charge >= 0.3 is 0 Å². The minimum Gasteiger partial charge on any atom is -0.360 e. The number of anilines is 1. The van der Waals surface area contributed by atoms with Gasteiger partial charge < -0.3 is 5.32 Å². The highest BCUT2D eigenvalue weighted by molar-refractivity contribution is 7.09. The fourth-order valence-electron chi connectivity index (χ4n) is 1.67. The zero-order valence-electron chi connectivity index (χ0n) is 11.1. The average Bonchev–Trinajstić information content (AvgIpc) is 2.77. The maximum Gasteiger partial charge on any atom is 0.202 e. The molecule has 0 unspecified atom stereocenters. The number of aromatic nitrogens is 2. The highest BCUT2D eigenvalue weighted by Gasteiger charge is 2.06. The van der Waals surface area contributed by atoms with E-state index in [1.807, 2.05) is 0 Å². The van der Waals surface area contributed by atoms with Crippen molar-refractivity contribution in [3.63, 3.8) is 0 Å². The second kappa shape index (κ2) is 5.96. The summed E-state index contributed by atoms with van der Waals surface area (Å²) in [6, 6.07) is 8.38. The Morgan fingerprint density at radius 2 is 2.06 bits per heavy atom. The molecular weight excluding hydrogens is 242 g/mol. The van der Waals surface area contributed by atoms with Crippen LogP contribution in [0.1, 0.15) is 30.8 Å². The van der Waals surface area contributed by atoms with Gasteiger partial charge in [-0.2, -0.15) is 4.37 Å². The van der Waals surface area contributed by atoms with E-state index in [-0.39, 0.29) is 0 Å². The summed E-state index contributed by atoms with van der Waals surface area (Å²) >= 11 is 1.44. The monoisotopic (exact) mass is 261 g/mol. The van der Waals surface area contributed by atoms with Crippen LogP contribution in [0.5, 0.6) is 0 Å². The van der Waals surface area contributed by atoms with Crippen LogP contribution in [0.25, 0.3) is 0 Å². The first-order chi connectivity index (χ1) is 8.65. The average molecular weight is 261 g/mol. The lowest BCUT2D eigenvalue weighted by Crippen LogP contribution is -2.07. The molecule has 0 amide bonds. The lowest BCUT2D eigenvalue weighted by Gasteiger charge is -2.04. The molecule has 0 aliphatic rings. The first kappa shape index (κ1) is 13.0. The number of hydrogen-bond acceptors (Lipinski definition) is 4. The van der Waals surface area contributed by atoms with Crippen molar-refractivity contribution >= 4 is 16.7 Å². The fourth-order valence-corrected chi connectivity index (χ4v) is 2.26. The topological polar surface area (TPSA) is 37.8 Å². The van der Waals surface area contributed by atoms with Gasteiger partial charge in [0.15, 0.2) is 0 Å². The summed E-state index contributed by atoms with van der Waals surface area (Å²) in [6.45, 7) is 7.43. The fraction of sp³-hybridized carbons (Fsp3) is 0.429. The van der Waals surface area contributed by atoms with E-state index in [1.54, 1.807) is 0 Å². The maximum absolute atomic E-state index is 4.51. The van der Waals surface area contributed by atoms with Gasteiger partial charge in [-0.15, -0.1) is 0 Å². The molecule has 1 aromatic carbocycles. The van der Waals surface area contributed by atoms with Crippen LogP contribution in [-0.4, -0.2) is 15.9 Å². The van der Waals surface area contributed by atoms with Crippen molar-refractivity contribution < 1.29 is 0 Å². The maximum atomic E-state index is 4.51. The molecule has 2 rings (SSSR count). The van der Waals surface area contributed by atoms with Crippen molar-refractivity contribution in [3.8, 4) is 0 Å². The quantitative estimate of drug-likeness (QED) is 0.895. The summed E-state index contributed by atoms with van der Waals surface area (Å²) in [4.78, 5) is 4.51. The Morgan fingerprint density at radius 1 is 1.28 bits per heavy atom. The zero-order valence-corrected chi connectivity index (χ0v) is 11.9. The number of nitrogens with one attached hydrogen (secondary N) is 1. The van der Waals surface area contributed by atoms with Crippen LogP contribution in [0.4, 0.5) is 5.13 Å². The molecule has 0 bridgehead atoms. The van der Waals surface area contributed by atoms with Crippen molar-refractivity contribution in [1.29, 1.82) is 0 Å². The third kappa shape index (κ3) is 3.53. The van der Waals surface area contributed by atoms with Crippen LogP contribution in [0.15, 0.2) is 24.3 Å². The van der Waals surface area contributed by atoms with Gasteiger partial charge in [0.2, 0.25) is 5.13 Å². The summed E-state index contributed by atoms with van der Waals surface area (Å²) in [5, 5.41) is 4.23. The van der Waals surface area contributed by atoms with Gasteiger partial charge in [-0.3, -0.25) is 0 Å². The van der Waals surface area contributed by atoms with Crippen molar-refractivity contribution in [2.75, 3.05) is 11.9 Å². The molecule has 0 fully saturated rings. The molecule has 0 aliphatic heterocycles. The Morgan fingerprint density at radius 3 is 2.78 bits per heavy atom. The predicted octanol–water partition coefficient (Wildman–Crippen LogP) is 3.51. The van der Waals surface area contributed by atoms with Crippen molar-refractivity contribution in [2.24, 2.45) is 5.92 Å². The smallest absolute Gasteiger partial charge is 0.202 e. The SMILES string of the molecule is Cc1ccccc1Cc1nsc(NCC(C)C)n1. The number of benzene rings is 1. The summed E-state index contributed by atoms with van der Waals surface area (Å²) < 4.78 is 4.40. The van der Waals surface area contributed by atoms with Crippen molar-refractivity contribution in [3.05, 3.63) is 41.2 Å². The Hall–Kier alpha value is -1.42. The molecule has 0 saturated carbocycles. The molecule has 96 valence electrons. The lowest BCUT2D eigenvalue weighted by atomic mass is 10.1. The first-order valence-corrected chi connectivity index (χ1v) is 7.03. The first-order valence-electron chi connectivity index (χ1n) is 6.26. The van der Waals surface area contributed by atoms with Crippen LogP contribution in [0, 0.1) is 12.8 Å². The van der Waals surface area contributed by atoms with E-state index >= 15 is 0 Å². The van der Waals surface area contributed by atoms with Crippen LogP contribution in [-0.2, 0) is 6.42 Å². The van der Waals surface area contributed by atoms with Crippen LogP contribution < -0.4 is 5.32 Å². The number of rotatable bonds is 5. The van der Waals surface area contributed by atoms with E-state index in [0.717, 1.165) is 23.9 Å². The molecule has 3 nitrogen and oxygen atoms in total. The normalized spacial score (nSPS) is 10.9. The molecule has 0 aliphatic carbocycles. The van der Waals surface area contributed by atoms with Gasteiger partial charge in [-0.05, 0) is 24.0 Å². The summed E-state index contributed by atoms with van der Waals surface area (Å²) in [7, 11) is 0. The molecule has 0 spiro atoms. The van der Waals surface area contributed by atoms with Gasteiger partial charge in [0.05, 0.1) is 0 Å². The van der Waals surface area contributed by atoms with Crippen LogP contribution in [0.3, 0.4) is 0 Å². The number of aryl methyl sites for hydroxylation is 1. The van der Waals surface area contributed by atoms with E-state index in [0.29, 0.717) is 5.92 Å². The van der Waals surface area contributed by atoms with E-state index < -0.39 is 0 Å². The Labute approximate surface area is 112 Å². The molecular formula is C14H19N3S. The van der Waals surface area contributed by atoms with Gasteiger partial charge in [-0.1, -0.05) is 38.1 Å². The second-order valence-corrected chi connectivity index (χ2v) is 5.65. The van der Waals surface area contributed by atoms with Crippen LogP contribution in [0.2, 0.25) is 0 Å². The molecule has 18 heavy (non-hydrogen) atoms. The standard InChI is InChI=1S/C14H19N3S/c1-10(2)9-15-14-16-13(17-18-14)8-12-7-5-4-6-11(12)3/h4-7,10H,8-9H2,1-3H3,(H,15,16,17). The number of nitrogens with zero attached hydrogens (tertiary/aromatic N) is 2. The Balaban J connectivity index is 2.00. The van der Waals surface area contributed by atoms with E-state index in [1.165, 1.54) is 22.7 Å². The molecule has 1 aromatic heterocycles. The van der Waals surface area contributed by atoms with E-state index in [2.05, 4.69) is 59.7 Å². The van der Waals surface area contributed by atoms with Gasteiger partial charge in [-0.25, -0.2) is 4.98 Å². The highest BCUT2D eigenvalue weighted by Crippen LogP contribution is 2.16. The molecule has 0 atom stereocenters. The van der Waals surface area contributed by atoms with Gasteiger partial charge in [0.1, 0.15) is 5.82 Å². The number of hydrogen-bond donors (Lipinski definition) is 1. The summed E-state index contributed by atoms with van der Waals surface area (Å²) in [5.41, 5.74) is 2.59. The molecule has 1 heterocycles. The summed E-state index contributed by atoms with van der Waals surface area (Å²) in [6.07, 6.45) is 0.812. The van der Waals surface area contributed by atoms with Crippen LogP contribution >= 0.6 is 11.5 Å². The summed E-state index contributed by atoms with van der Waals surface area (Å²) in [5.74, 6) is 1.52. The lowest BCUT2D eigenvalue weighted by molar-refractivity contribution is 0.688. The molecule has 4 heteroatoms. The van der Waals surface area contributed by atoms with E-state index in [9.17, 15) is 0 Å². The Kier molecular flexibility index (Phi) is 4.31. The molecule has 1 N–H and O–H groups in total. The predicted molar refractivity (Wildman–Crippen MR) is 77.2 cm³/mol.